The van der Waals surface area contributed by atoms with Gasteiger partial charge in [-0.3, -0.25) is 0 Å². The van der Waals surface area contributed by atoms with E-state index in [9.17, 15) is 9.90 Å². The third-order valence-electron chi connectivity index (χ3n) is 4.12. The lowest BCUT2D eigenvalue weighted by Crippen LogP contribution is -2.18. The van der Waals surface area contributed by atoms with Crippen LogP contribution in [0.3, 0.4) is 0 Å². The maximum absolute atomic E-state index is 12.6. The number of esters is 1. The minimum absolute atomic E-state index is 0.395. The zero-order valence-electron chi connectivity index (χ0n) is 14.4. The maximum Gasteiger partial charge on any atom is 0.338 e. The topological polar surface area (TPSA) is 55.8 Å². The van der Waals surface area contributed by atoms with Crippen molar-refractivity contribution in [2.24, 2.45) is 0 Å². The molecule has 0 saturated carbocycles. The van der Waals surface area contributed by atoms with Gasteiger partial charge in [0.2, 0.25) is 0 Å². The Bertz CT molecular complexity index is 829. The lowest BCUT2D eigenvalue weighted by atomic mass is 9.98. The summed E-state index contributed by atoms with van der Waals surface area (Å²) in [6.45, 7) is 0. The van der Waals surface area contributed by atoms with Crippen LogP contribution in [0.15, 0.2) is 84.9 Å². The molecular formula is C22H20O4. The second kappa shape index (κ2) is 8.32. The first-order chi connectivity index (χ1) is 12.7. The molecule has 0 bridgehead atoms. The van der Waals surface area contributed by atoms with Crippen LogP contribution >= 0.6 is 0 Å². The number of ether oxygens (including phenoxy) is 2. The highest BCUT2D eigenvalue weighted by atomic mass is 16.6. The van der Waals surface area contributed by atoms with Crippen LogP contribution in [0.4, 0.5) is 0 Å². The Labute approximate surface area is 152 Å². The molecule has 0 radical (unpaired) electrons. The molecule has 1 N–H and O–H groups in total. The summed E-state index contributed by atoms with van der Waals surface area (Å²) < 4.78 is 10.8. The summed E-state index contributed by atoms with van der Waals surface area (Å²) in [5.41, 5.74) is 1.81. The molecule has 3 rings (SSSR count). The van der Waals surface area contributed by atoms with E-state index in [2.05, 4.69) is 0 Å². The molecule has 3 aromatic rings. The van der Waals surface area contributed by atoms with Gasteiger partial charge in [-0.15, -0.1) is 0 Å². The molecule has 3 aromatic carbocycles. The average molecular weight is 348 g/mol. The Morgan fingerprint density at radius 2 is 1.35 bits per heavy atom. The molecule has 26 heavy (non-hydrogen) atoms. The summed E-state index contributed by atoms with van der Waals surface area (Å²) in [6.07, 6.45) is -1.78. The molecule has 0 aliphatic rings. The Morgan fingerprint density at radius 3 is 1.88 bits per heavy atom. The van der Waals surface area contributed by atoms with Crippen LogP contribution in [0.25, 0.3) is 0 Å². The number of carbonyl (C=O) groups is 1. The normalized spacial score (nSPS) is 12.8. The van der Waals surface area contributed by atoms with Gasteiger partial charge in [0.25, 0.3) is 0 Å². The molecule has 0 fully saturated rings. The number of aliphatic hydroxyl groups excluding tert-OH is 1. The number of methoxy groups -OCH3 is 1. The summed E-state index contributed by atoms with van der Waals surface area (Å²) in [5.74, 6) is 0.155. The van der Waals surface area contributed by atoms with Crippen LogP contribution in [-0.2, 0) is 4.74 Å². The molecule has 4 heteroatoms. The van der Waals surface area contributed by atoms with Crippen LogP contribution in [0.1, 0.15) is 33.7 Å². The van der Waals surface area contributed by atoms with E-state index in [1.54, 1.807) is 31.4 Å². The van der Waals surface area contributed by atoms with Crippen molar-refractivity contribution in [1.82, 2.24) is 0 Å². The molecule has 0 spiro atoms. The van der Waals surface area contributed by atoms with Crippen molar-refractivity contribution in [3.8, 4) is 5.75 Å². The largest absolute Gasteiger partial charge is 0.497 e. The predicted octanol–water partition coefficient (Wildman–Crippen LogP) is 4.33. The Hall–Kier alpha value is -3.11. The fourth-order valence-corrected chi connectivity index (χ4v) is 2.69. The quantitative estimate of drug-likeness (QED) is 0.674. The summed E-state index contributed by atoms with van der Waals surface area (Å²) in [4.78, 5) is 12.6. The number of carbonyl (C=O) groups excluding carboxylic acids is 1. The molecule has 132 valence electrons. The van der Waals surface area contributed by atoms with E-state index in [1.165, 1.54) is 0 Å². The van der Waals surface area contributed by atoms with Gasteiger partial charge in [0, 0.05) is 0 Å². The first-order valence-corrected chi connectivity index (χ1v) is 8.32. The third-order valence-corrected chi connectivity index (χ3v) is 4.12. The van der Waals surface area contributed by atoms with Crippen molar-refractivity contribution in [3.05, 3.63) is 102 Å². The van der Waals surface area contributed by atoms with Gasteiger partial charge in [-0.25, -0.2) is 4.79 Å². The summed E-state index contributed by atoms with van der Waals surface area (Å²) in [5, 5.41) is 10.8. The van der Waals surface area contributed by atoms with Crippen molar-refractivity contribution < 1.29 is 19.4 Å². The molecule has 0 amide bonds. The highest BCUT2D eigenvalue weighted by molar-refractivity contribution is 5.89. The number of hydrogen-bond acceptors (Lipinski definition) is 4. The molecule has 2 atom stereocenters. The van der Waals surface area contributed by atoms with Gasteiger partial charge < -0.3 is 14.6 Å². The van der Waals surface area contributed by atoms with E-state index in [-0.39, 0.29) is 0 Å². The number of hydrogen-bond donors (Lipinski definition) is 1. The summed E-state index contributed by atoms with van der Waals surface area (Å²) >= 11 is 0. The molecule has 0 aliphatic carbocycles. The van der Waals surface area contributed by atoms with Crippen molar-refractivity contribution in [2.75, 3.05) is 7.11 Å². The first-order valence-electron chi connectivity index (χ1n) is 8.32. The second-order valence-corrected chi connectivity index (χ2v) is 5.82. The zero-order valence-corrected chi connectivity index (χ0v) is 14.4. The molecule has 0 aliphatic heterocycles. The molecule has 0 heterocycles. The van der Waals surface area contributed by atoms with E-state index in [0.29, 0.717) is 16.9 Å². The molecule has 0 aromatic heterocycles. The molecule has 0 unspecified atom stereocenters. The molecule has 0 saturated heterocycles. The Kier molecular flexibility index (Phi) is 5.66. The van der Waals surface area contributed by atoms with Crippen LogP contribution in [0, 0.1) is 0 Å². The fourth-order valence-electron chi connectivity index (χ4n) is 2.69. The number of benzene rings is 3. The summed E-state index contributed by atoms with van der Waals surface area (Å²) in [7, 11) is 1.56. The van der Waals surface area contributed by atoms with Crippen molar-refractivity contribution in [3.63, 3.8) is 0 Å². The lowest BCUT2D eigenvalue weighted by Gasteiger charge is -2.24. The smallest absolute Gasteiger partial charge is 0.338 e. The van der Waals surface area contributed by atoms with E-state index in [0.717, 1.165) is 5.56 Å². The van der Waals surface area contributed by atoms with Gasteiger partial charge in [0.15, 0.2) is 6.10 Å². The van der Waals surface area contributed by atoms with Crippen molar-refractivity contribution in [2.45, 2.75) is 12.2 Å². The van der Waals surface area contributed by atoms with Gasteiger partial charge in [-0.05, 0) is 35.4 Å². The van der Waals surface area contributed by atoms with Crippen LogP contribution in [-0.4, -0.2) is 18.2 Å². The van der Waals surface area contributed by atoms with Crippen molar-refractivity contribution in [1.29, 1.82) is 0 Å². The minimum atomic E-state index is -0.971. The third kappa shape index (κ3) is 4.10. The monoisotopic (exact) mass is 348 g/mol. The van der Waals surface area contributed by atoms with Crippen LogP contribution in [0.5, 0.6) is 5.75 Å². The second-order valence-electron chi connectivity index (χ2n) is 5.82. The highest BCUT2D eigenvalue weighted by Crippen LogP contribution is 2.32. The van der Waals surface area contributed by atoms with E-state index >= 15 is 0 Å². The Morgan fingerprint density at radius 1 is 0.808 bits per heavy atom. The number of rotatable bonds is 6. The van der Waals surface area contributed by atoms with E-state index in [4.69, 9.17) is 9.47 Å². The van der Waals surface area contributed by atoms with E-state index in [1.807, 2.05) is 60.7 Å². The predicted molar refractivity (Wildman–Crippen MR) is 99.0 cm³/mol. The zero-order chi connectivity index (χ0) is 18.4. The van der Waals surface area contributed by atoms with Gasteiger partial charge in [-0.1, -0.05) is 60.7 Å². The van der Waals surface area contributed by atoms with Crippen LogP contribution < -0.4 is 4.74 Å². The standard InChI is InChI=1S/C22H20O4/c1-25-19-14-12-18(13-15-19)22(24)26-21(17-10-6-3-7-11-17)20(23)16-8-4-2-5-9-16/h2-15,20-21,23H,1H3/t20-,21+/m0/s1. The number of aliphatic hydroxyl groups is 1. The van der Waals surface area contributed by atoms with Gasteiger partial charge in [0.1, 0.15) is 11.9 Å². The maximum atomic E-state index is 12.6. The van der Waals surface area contributed by atoms with Crippen LogP contribution in [0.2, 0.25) is 0 Å². The van der Waals surface area contributed by atoms with Gasteiger partial charge in [0.05, 0.1) is 12.7 Å². The van der Waals surface area contributed by atoms with Gasteiger partial charge >= 0.3 is 5.97 Å². The summed E-state index contributed by atoms with van der Waals surface area (Å²) in [6, 6.07) is 25.1. The Balaban J connectivity index is 1.87. The first kappa shape index (κ1) is 17.7. The van der Waals surface area contributed by atoms with Gasteiger partial charge in [-0.2, -0.15) is 0 Å². The highest BCUT2D eigenvalue weighted by Gasteiger charge is 2.27. The average Bonchev–Trinajstić information content (AvgIpc) is 2.72. The van der Waals surface area contributed by atoms with E-state index < -0.39 is 18.2 Å². The minimum Gasteiger partial charge on any atom is -0.497 e. The molecular weight excluding hydrogens is 328 g/mol. The van der Waals surface area contributed by atoms with Crippen molar-refractivity contribution >= 4 is 5.97 Å². The lowest BCUT2D eigenvalue weighted by molar-refractivity contribution is -0.0209. The SMILES string of the molecule is COc1ccc(C(=O)O[C@H](c2ccccc2)[C@@H](O)c2ccccc2)cc1. The fraction of sp³-hybridized carbons (Fsp3) is 0.136. The molecule has 4 nitrogen and oxygen atoms in total.